The number of pyridine rings is 1. The molecule has 1 aliphatic rings. The summed E-state index contributed by atoms with van der Waals surface area (Å²) in [5, 5.41) is 7.89. The van der Waals surface area contributed by atoms with Crippen LogP contribution in [0.25, 0.3) is 11.5 Å². The minimum absolute atomic E-state index is 0.134. The highest BCUT2D eigenvalue weighted by molar-refractivity contribution is 6.42. The zero-order chi connectivity index (χ0) is 19.9. The zero-order valence-corrected chi connectivity index (χ0v) is 16.2. The zero-order valence-electron chi connectivity index (χ0n) is 14.7. The van der Waals surface area contributed by atoms with Gasteiger partial charge in [0, 0.05) is 12.6 Å². The number of hydrogen-bond donors (Lipinski definition) is 3. The molecule has 0 amide bonds. The van der Waals surface area contributed by atoms with E-state index in [1.54, 1.807) is 12.1 Å². The molecule has 28 heavy (non-hydrogen) atoms. The van der Waals surface area contributed by atoms with Crippen LogP contribution in [0.3, 0.4) is 0 Å². The standard InChI is InChI=1S/C11H13Cl2NO.C7H5N3O3/c12-9-2-1-8(7-10(9)13)11-3-4-14-5-6-15-11;11-5-3-1-2-4(8-5)6-9-7(12)13-10-6/h1-2,7,11,14H,3-6H2;1-3H,(H,8,11)(H,9,10,12). The number of nitrogens with one attached hydrogen (secondary N) is 3. The van der Waals surface area contributed by atoms with Crippen molar-refractivity contribution in [1.29, 1.82) is 0 Å². The minimum Gasteiger partial charge on any atom is -0.372 e. The van der Waals surface area contributed by atoms with E-state index in [4.69, 9.17) is 27.9 Å². The predicted octanol–water partition coefficient (Wildman–Crippen LogP) is 2.76. The molecule has 10 heteroatoms. The van der Waals surface area contributed by atoms with Crippen LogP contribution in [0.4, 0.5) is 0 Å². The van der Waals surface area contributed by atoms with Crippen molar-refractivity contribution in [1.82, 2.24) is 20.4 Å². The summed E-state index contributed by atoms with van der Waals surface area (Å²) in [4.78, 5) is 26.2. The maximum Gasteiger partial charge on any atom is 0.439 e. The van der Waals surface area contributed by atoms with Crippen LogP contribution >= 0.6 is 23.2 Å². The number of aromatic nitrogens is 3. The van der Waals surface area contributed by atoms with Crippen molar-refractivity contribution < 1.29 is 9.26 Å². The fourth-order valence-corrected chi connectivity index (χ4v) is 2.93. The number of nitrogens with zero attached hydrogens (tertiary/aromatic N) is 1. The highest BCUT2D eigenvalue weighted by Crippen LogP contribution is 2.29. The molecule has 148 valence electrons. The molecule has 1 aromatic carbocycles. The maximum absolute atomic E-state index is 10.9. The Balaban J connectivity index is 0.000000162. The van der Waals surface area contributed by atoms with Crippen molar-refractivity contribution in [3.63, 3.8) is 0 Å². The van der Waals surface area contributed by atoms with E-state index in [2.05, 4.69) is 25.0 Å². The summed E-state index contributed by atoms with van der Waals surface area (Å²) in [5.74, 6) is -0.442. The van der Waals surface area contributed by atoms with Crippen LogP contribution in [0.1, 0.15) is 18.1 Å². The second-order valence-corrected chi connectivity index (χ2v) is 6.76. The summed E-state index contributed by atoms with van der Waals surface area (Å²) in [7, 11) is 0. The third kappa shape index (κ3) is 5.56. The average molecular weight is 425 g/mol. The summed E-state index contributed by atoms with van der Waals surface area (Å²) >= 11 is 11.8. The van der Waals surface area contributed by atoms with Gasteiger partial charge in [-0.3, -0.25) is 14.3 Å². The van der Waals surface area contributed by atoms with Gasteiger partial charge in [-0.2, -0.15) is 0 Å². The van der Waals surface area contributed by atoms with Gasteiger partial charge < -0.3 is 15.0 Å². The Morgan fingerprint density at radius 3 is 2.61 bits per heavy atom. The van der Waals surface area contributed by atoms with Gasteiger partial charge in [0.2, 0.25) is 5.56 Å². The second-order valence-electron chi connectivity index (χ2n) is 5.94. The molecular formula is C18H18Cl2N4O4. The Labute approximate surface area is 169 Å². The second kappa shape index (κ2) is 9.70. The largest absolute Gasteiger partial charge is 0.439 e. The van der Waals surface area contributed by atoms with Crippen LogP contribution in [-0.2, 0) is 4.74 Å². The van der Waals surface area contributed by atoms with Gasteiger partial charge in [0.1, 0.15) is 0 Å². The van der Waals surface area contributed by atoms with Crippen LogP contribution in [0.5, 0.6) is 0 Å². The molecule has 3 N–H and O–H groups in total. The maximum atomic E-state index is 10.9. The van der Waals surface area contributed by atoms with E-state index in [0.29, 0.717) is 15.7 Å². The lowest BCUT2D eigenvalue weighted by Gasteiger charge is -2.15. The molecule has 0 saturated carbocycles. The minimum atomic E-state index is -0.653. The van der Waals surface area contributed by atoms with Crippen molar-refractivity contribution in [2.45, 2.75) is 12.5 Å². The molecule has 0 bridgehead atoms. The van der Waals surface area contributed by atoms with Gasteiger partial charge >= 0.3 is 5.76 Å². The fraction of sp³-hybridized carbons (Fsp3) is 0.278. The molecule has 1 atom stereocenters. The van der Waals surface area contributed by atoms with E-state index in [1.165, 1.54) is 6.07 Å². The Morgan fingerprint density at radius 2 is 1.89 bits per heavy atom. The molecule has 0 spiro atoms. The van der Waals surface area contributed by atoms with E-state index < -0.39 is 5.76 Å². The van der Waals surface area contributed by atoms with E-state index in [-0.39, 0.29) is 17.5 Å². The molecule has 3 aromatic rings. The molecule has 4 rings (SSSR count). The lowest BCUT2D eigenvalue weighted by Crippen LogP contribution is -2.16. The lowest BCUT2D eigenvalue weighted by molar-refractivity contribution is 0.0644. The fourth-order valence-electron chi connectivity index (χ4n) is 2.62. The normalized spacial score (nSPS) is 16.7. The third-order valence-corrected chi connectivity index (χ3v) is 4.70. The Bertz CT molecular complexity index is 1020. The quantitative estimate of drug-likeness (QED) is 0.582. The SMILES string of the molecule is Clc1ccc(C2CCNCCO2)cc1Cl.O=c1cccc(-c2noc(=O)[nH]2)[nH]1. The van der Waals surface area contributed by atoms with E-state index in [1.807, 2.05) is 18.2 Å². The monoisotopic (exact) mass is 424 g/mol. The Hall–Kier alpha value is -2.39. The van der Waals surface area contributed by atoms with Crippen LogP contribution in [-0.4, -0.2) is 34.8 Å². The van der Waals surface area contributed by atoms with Gasteiger partial charge in [0.15, 0.2) is 5.82 Å². The number of benzene rings is 1. The molecule has 8 nitrogen and oxygen atoms in total. The highest BCUT2D eigenvalue weighted by Gasteiger charge is 2.15. The van der Waals surface area contributed by atoms with Gasteiger partial charge in [-0.1, -0.05) is 40.5 Å². The van der Waals surface area contributed by atoms with E-state index in [9.17, 15) is 9.59 Å². The molecule has 0 aliphatic carbocycles. The summed E-state index contributed by atoms with van der Waals surface area (Å²) < 4.78 is 10.00. The van der Waals surface area contributed by atoms with Gasteiger partial charge in [0.05, 0.1) is 28.5 Å². The lowest BCUT2D eigenvalue weighted by atomic mass is 10.1. The molecule has 0 radical (unpaired) electrons. The van der Waals surface area contributed by atoms with Crippen LogP contribution < -0.4 is 16.6 Å². The number of hydrogen-bond acceptors (Lipinski definition) is 6. The number of aromatic amines is 2. The van der Waals surface area contributed by atoms with Crippen molar-refractivity contribution in [2.24, 2.45) is 0 Å². The highest BCUT2D eigenvalue weighted by atomic mass is 35.5. The van der Waals surface area contributed by atoms with Crippen LogP contribution in [0.2, 0.25) is 10.0 Å². The molecule has 1 aliphatic heterocycles. The van der Waals surface area contributed by atoms with Gasteiger partial charge in [0.25, 0.3) is 0 Å². The first-order valence-electron chi connectivity index (χ1n) is 8.56. The summed E-state index contributed by atoms with van der Waals surface area (Å²) in [6, 6.07) is 10.2. The molecule has 3 heterocycles. The van der Waals surface area contributed by atoms with Crippen LogP contribution in [0, 0.1) is 0 Å². The first-order valence-corrected chi connectivity index (χ1v) is 9.31. The number of H-pyrrole nitrogens is 2. The van der Waals surface area contributed by atoms with Gasteiger partial charge in [-0.05, 0) is 36.7 Å². The first kappa shape index (κ1) is 20.3. The smallest absolute Gasteiger partial charge is 0.372 e. The number of halogens is 2. The third-order valence-electron chi connectivity index (χ3n) is 3.96. The van der Waals surface area contributed by atoms with Crippen molar-refractivity contribution in [2.75, 3.05) is 19.7 Å². The summed E-state index contributed by atoms with van der Waals surface area (Å²) in [5.41, 5.74) is 1.26. The molecule has 1 fully saturated rings. The van der Waals surface area contributed by atoms with E-state index in [0.717, 1.165) is 31.7 Å². The van der Waals surface area contributed by atoms with Gasteiger partial charge in [-0.15, -0.1) is 0 Å². The molecular weight excluding hydrogens is 407 g/mol. The Kier molecular flexibility index (Phi) is 7.05. The Morgan fingerprint density at radius 1 is 1.04 bits per heavy atom. The summed E-state index contributed by atoms with van der Waals surface area (Å²) in [6.07, 6.45) is 1.10. The van der Waals surface area contributed by atoms with Crippen LogP contribution in [0.15, 0.2) is 50.5 Å². The topological polar surface area (TPSA) is 113 Å². The molecule has 2 aromatic heterocycles. The van der Waals surface area contributed by atoms with E-state index >= 15 is 0 Å². The van der Waals surface area contributed by atoms with Crippen molar-refractivity contribution in [3.8, 4) is 11.5 Å². The van der Waals surface area contributed by atoms with Gasteiger partial charge in [-0.25, -0.2) is 4.79 Å². The van der Waals surface area contributed by atoms with Crippen molar-refractivity contribution in [3.05, 3.63) is 72.9 Å². The molecule has 1 unspecified atom stereocenters. The first-order chi connectivity index (χ1) is 13.5. The average Bonchev–Trinajstić information content (AvgIpc) is 2.94. The number of rotatable bonds is 2. The number of ether oxygens (including phenoxy) is 1. The molecule has 1 saturated heterocycles. The predicted molar refractivity (Wildman–Crippen MR) is 106 cm³/mol. The summed E-state index contributed by atoms with van der Waals surface area (Å²) in [6.45, 7) is 2.63. The van der Waals surface area contributed by atoms with Crippen molar-refractivity contribution >= 4 is 23.2 Å².